The first-order valence-corrected chi connectivity index (χ1v) is 10.1. The van der Waals surface area contributed by atoms with Gasteiger partial charge in [0.2, 0.25) is 16.2 Å². The molecule has 0 unspecified atom stereocenters. The van der Waals surface area contributed by atoms with Gasteiger partial charge in [0.1, 0.15) is 5.69 Å². The van der Waals surface area contributed by atoms with Crippen LogP contribution >= 0.6 is 11.3 Å². The first kappa shape index (κ1) is 20.8. The van der Waals surface area contributed by atoms with Crippen LogP contribution in [0.15, 0.2) is 65.9 Å². The number of anilines is 2. The summed E-state index contributed by atoms with van der Waals surface area (Å²) in [5.41, 5.74) is 5.62. The molecule has 1 amide bonds. The Balaban J connectivity index is 1.62. The summed E-state index contributed by atoms with van der Waals surface area (Å²) in [4.78, 5) is 21.6. The van der Waals surface area contributed by atoms with Crippen LogP contribution in [0.5, 0.6) is 0 Å². The molecule has 0 fully saturated rings. The number of non-ortho nitro benzene ring substituents is 1. The van der Waals surface area contributed by atoms with Crippen LogP contribution in [0, 0.1) is 10.1 Å². The Morgan fingerprint density at radius 3 is 2.53 bits per heavy atom. The highest BCUT2D eigenvalue weighted by atomic mass is 32.1. The molecule has 11 nitrogen and oxygen atoms in total. The second kappa shape index (κ2) is 9.14. The Kier molecular flexibility index (Phi) is 5.94. The Hall–Kier alpha value is -4.45. The molecule has 2 N–H and O–H groups in total. The van der Waals surface area contributed by atoms with E-state index in [0.29, 0.717) is 27.1 Å². The third-order valence-corrected chi connectivity index (χ3v) is 4.93. The van der Waals surface area contributed by atoms with Crippen LogP contribution in [-0.4, -0.2) is 37.0 Å². The van der Waals surface area contributed by atoms with E-state index in [2.05, 4.69) is 31.1 Å². The number of para-hydroxylation sites is 1. The molecule has 2 aromatic carbocycles. The molecule has 0 aliphatic rings. The van der Waals surface area contributed by atoms with Crippen LogP contribution in [0.2, 0.25) is 0 Å². The largest absolute Gasteiger partial charge is 0.301 e. The molecule has 0 radical (unpaired) electrons. The van der Waals surface area contributed by atoms with E-state index in [4.69, 9.17) is 0 Å². The van der Waals surface area contributed by atoms with Crippen LogP contribution in [0.1, 0.15) is 12.5 Å². The number of hydrogen-bond donors (Lipinski definition) is 2. The highest BCUT2D eigenvalue weighted by molar-refractivity contribution is 7.19. The van der Waals surface area contributed by atoms with Gasteiger partial charge in [-0.15, -0.1) is 10.2 Å². The molecule has 0 atom stereocenters. The van der Waals surface area contributed by atoms with Crippen molar-refractivity contribution in [1.29, 1.82) is 0 Å². The van der Waals surface area contributed by atoms with Gasteiger partial charge in [0.25, 0.3) is 5.69 Å². The molecule has 0 aliphatic heterocycles. The van der Waals surface area contributed by atoms with Crippen LogP contribution in [0.3, 0.4) is 0 Å². The van der Waals surface area contributed by atoms with Gasteiger partial charge in [-0.25, -0.2) is 4.68 Å². The van der Waals surface area contributed by atoms with E-state index < -0.39 is 4.92 Å². The van der Waals surface area contributed by atoms with E-state index in [1.54, 1.807) is 29.2 Å². The highest BCUT2D eigenvalue weighted by Crippen LogP contribution is 2.25. The predicted molar refractivity (Wildman–Crippen MR) is 121 cm³/mol. The minimum absolute atomic E-state index is 0.000583. The summed E-state index contributed by atoms with van der Waals surface area (Å²) in [5.74, 6) is -0.239. The Bertz CT molecular complexity index is 1280. The van der Waals surface area contributed by atoms with Crippen LogP contribution in [0.25, 0.3) is 16.9 Å². The lowest BCUT2D eigenvalue weighted by atomic mass is 10.1. The zero-order chi connectivity index (χ0) is 22.5. The number of nitro benzene ring substituents is 1. The third kappa shape index (κ3) is 4.82. The summed E-state index contributed by atoms with van der Waals surface area (Å²) in [6.45, 7) is 1.39. The molecule has 4 aromatic rings. The zero-order valence-electron chi connectivity index (χ0n) is 16.7. The van der Waals surface area contributed by atoms with E-state index in [1.807, 2.05) is 30.3 Å². The minimum atomic E-state index is -0.448. The number of hydrogen-bond acceptors (Lipinski definition) is 9. The number of carbonyl (C=O) groups is 1. The first-order valence-electron chi connectivity index (χ1n) is 9.29. The van der Waals surface area contributed by atoms with E-state index in [1.165, 1.54) is 19.1 Å². The number of hydrazone groups is 1. The van der Waals surface area contributed by atoms with Gasteiger partial charge in [0.15, 0.2) is 0 Å². The molecule has 0 spiro atoms. The van der Waals surface area contributed by atoms with Crippen molar-refractivity contribution in [3.8, 4) is 16.9 Å². The first-order chi connectivity index (χ1) is 15.5. The summed E-state index contributed by atoms with van der Waals surface area (Å²) < 4.78 is 1.71. The number of nitrogens with one attached hydrogen (secondary N) is 2. The van der Waals surface area contributed by atoms with E-state index in [0.717, 1.165) is 17.0 Å². The third-order valence-electron chi connectivity index (χ3n) is 4.19. The van der Waals surface area contributed by atoms with Crippen LogP contribution in [0.4, 0.5) is 16.0 Å². The SMILES string of the molecule is CC(=O)Nc1nnc(NN=Cc2cn(-c3ccccc3)nc2-c2ccc([N+](=O)[O-])cc2)s1. The van der Waals surface area contributed by atoms with E-state index >= 15 is 0 Å². The zero-order valence-corrected chi connectivity index (χ0v) is 17.5. The number of nitro groups is 1. The normalized spacial score (nSPS) is 10.9. The van der Waals surface area contributed by atoms with E-state index in [9.17, 15) is 14.9 Å². The van der Waals surface area contributed by atoms with Gasteiger partial charge in [-0.05, 0) is 24.3 Å². The van der Waals surface area contributed by atoms with Crippen molar-refractivity contribution in [2.75, 3.05) is 10.7 Å². The lowest BCUT2D eigenvalue weighted by Gasteiger charge is -2.00. The topological polar surface area (TPSA) is 140 Å². The van der Waals surface area contributed by atoms with Gasteiger partial charge in [0, 0.05) is 36.4 Å². The molecule has 0 saturated carbocycles. The molecular formula is C20H16N8O3S. The number of aromatic nitrogens is 4. The van der Waals surface area contributed by atoms with Gasteiger partial charge < -0.3 is 5.32 Å². The second-order valence-corrected chi connectivity index (χ2v) is 7.46. The van der Waals surface area contributed by atoms with Crippen molar-refractivity contribution in [2.24, 2.45) is 5.10 Å². The standard InChI is InChI=1S/C20H16N8O3S/c1-13(29)22-19-24-25-20(32-19)23-21-11-15-12-27(16-5-3-2-4-6-16)26-18(15)14-7-9-17(10-8-14)28(30)31/h2-12H,1H3,(H,23,25)(H,22,24,29). The van der Waals surface area contributed by atoms with Crippen LogP contribution < -0.4 is 10.7 Å². The Morgan fingerprint density at radius 1 is 1.12 bits per heavy atom. The molecule has 0 aliphatic carbocycles. The molecule has 32 heavy (non-hydrogen) atoms. The van der Waals surface area contributed by atoms with Crippen molar-refractivity contribution < 1.29 is 9.72 Å². The summed E-state index contributed by atoms with van der Waals surface area (Å²) in [6.07, 6.45) is 3.38. The molecular weight excluding hydrogens is 432 g/mol. The number of benzene rings is 2. The van der Waals surface area contributed by atoms with Crippen LogP contribution in [-0.2, 0) is 4.79 Å². The second-order valence-electron chi connectivity index (χ2n) is 6.48. The molecule has 2 aromatic heterocycles. The Morgan fingerprint density at radius 2 is 1.84 bits per heavy atom. The predicted octanol–water partition coefficient (Wildman–Crippen LogP) is 3.70. The maximum absolute atomic E-state index is 11.1. The fourth-order valence-corrected chi connectivity index (χ4v) is 3.43. The summed E-state index contributed by atoms with van der Waals surface area (Å²) in [6, 6.07) is 15.7. The molecule has 0 bridgehead atoms. The van der Waals surface area contributed by atoms with Crippen molar-refractivity contribution in [1.82, 2.24) is 20.0 Å². The summed E-state index contributed by atoms with van der Waals surface area (Å²) in [7, 11) is 0. The average Bonchev–Trinajstić information content (AvgIpc) is 3.41. The van der Waals surface area contributed by atoms with Crippen molar-refractivity contribution in [3.05, 3.63) is 76.5 Å². The maximum Gasteiger partial charge on any atom is 0.269 e. The molecule has 0 saturated heterocycles. The smallest absolute Gasteiger partial charge is 0.269 e. The number of nitrogens with zero attached hydrogens (tertiary/aromatic N) is 6. The van der Waals surface area contributed by atoms with Crippen molar-refractivity contribution in [3.63, 3.8) is 0 Å². The fourth-order valence-electron chi connectivity index (χ4n) is 2.79. The van der Waals surface area contributed by atoms with Gasteiger partial charge in [-0.1, -0.05) is 29.5 Å². The Labute approximate surface area is 185 Å². The average molecular weight is 448 g/mol. The summed E-state index contributed by atoms with van der Waals surface area (Å²) >= 11 is 1.14. The lowest BCUT2D eigenvalue weighted by molar-refractivity contribution is -0.384. The maximum atomic E-state index is 11.1. The van der Waals surface area contributed by atoms with Gasteiger partial charge >= 0.3 is 0 Å². The number of carbonyl (C=O) groups excluding carboxylic acids is 1. The number of rotatable bonds is 7. The molecule has 160 valence electrons. The lowest BCUT2D eigenvalue weighted by Crippen LogP contribution is -2.04. The molecule has 4 rings (SSSR count). The molecule has 12 heteroatoms. The van der Waals surface area contributed by atoms with Gasteiger partial charge in [-0.2, -0.15) is 10.2 Å². The summed E-state index contributed by atoms with van der Waals surface area (Å²) in [5, 5.41) is 30.9. The van der Waals surface area contributed by atoms with Crippen molar-refractivity contribution >= 4 is 39.4 Å². The number of amides is 1. The van der Waals surface area contributed by atoms with E-state index in [-0.39, 0.29) is 11.6 Å². The quantitative estimate of drug-likeness (QED) is 0.249. The van der Waals surface area contributed by atoms with Crippen molar-refractivity contribution in [2.45, 2.75) is 6.92 Å². The highest BCUT2D eigenvalue weighted by Gasteiger charge is 2.13. The monoisotopic (exact) mass is 448 g/mol. The van der Waals surface area contributed by atoms with Gasteiger partial charge in [-0.3, -0.25) is 20.3 Å². The minimum Gasteiger partial charge on any atom is -0.301 e. The fraction of sp³-hybridized carbons (Fsp3) is 0.0500. The van der Waals surface area contributed by atoms with Gasteiger partial charge in [0.05, 0.1) is 16.8 Å². The molecule has 2 heterocycles.